The summed E-state index contributed by atoms with van der Waals surface area (Å²) in [6.07, 6.45) is 1.47. The summed E-state index contributed by atoms with van der Waals surface area (Å²) in [5.74, 6) is 0.541. The molecule has 0 atom stereocenters. The van der Waals surface area contributed by atoms with Crippen LogP contribution in [-0.4, -0.2) is 25.0 Å². The molecule has 0 aliphatic carbocycles. The first kappa shape index (κ1) is 17.0. The highest BCUT2D eigenvalue weighted by Crippen LogP contribution is 2.25. The van der Waals surface area contributed by atoms with E-state index in [1.807, 2.05) is 43.3 Å². The molecular weight excluding hydrogens is 316 g/mol. The van der Waals surface area contributed by atoms with Gasteiger partial charge in [0.25, 0.3) is 5.91 Å². The topological polar surface area (TPSA) is 58.6 Å². The van der Waals surface area contributed by atoms with E-state index < -0.39 is 0 Å². The minimum absolute atomic E-state index is 0.0523. The Bertz CT molecular complexity index is 756. The number of carbonyl (C=O) groups excluding carboxylic acids is 2. The van der Waals surface area contributed by atoms with Gasteiger partial charge in [0.2, 0.25) is 5.91 Å². The van der Waals surface area contributed by atoms with Gasteiger partial charge in [0.1, 0.15) is 5.75 Å². The van der Waals surface area contributed by atoms with E-state index in [0.717, 1.165) is 24.2 Å². The van der Waals surface area contributed by atoms with E-state index in [0.29, 0.717) is 18.7 Å². The fourth-order valence-electron chi connectivity index (χ4n) is 2.77. The van der Waals surface area contributed by atoms with Gasteiger partial charge in [-0.2, -0.15) is 0 Å². The molecule has 2 amide bonds. The fraction of sp³-hybridized carbons (Fsp3) is 0.300. The summed E-state index contributed by atoms with van der Waals surface area (Å²) in [4.78, 5) is 25.5. The SMILES string of the molecule is Cc1ccc(CNC(=O)COc2cccc(N3CCCC3=O)c2)cc1. The molecule has 25 heavy (non-hydrogen) atoms. The standard InChI is InChI=1S/C20H22N2O3/c1-15-7-9-16(10-8-15)13-21-19(23)14-25-18-5-2-4-17(12-18)22-11-3-6-20(22)24/h2,4-5,7-10,12H,3,6,11,13-14H2,1H3,(H,21,23). The summed E-state index contributed by atoms with van der Waals surface area (Å²) in [5.41, 5.74) is 3.06. The Labute approximate surface area is 147 Å². The molecule has 2 aromatic carbocycles. The number of anilines is 1. The number of hydrogen-bond donors (Lipinski definition) is 1. The second kappa shape index (κ2) is 7.83. The third kappa shape index (κ3) is 4.59. The van der Waals surface area contributed by atoms with Crippen LogP contribution in [0.2, 0.25) is 0 Å². The molecule has 1 N–H and O–H groups in total. The molecule has 1 aliphatic rings. The molecule has 3 rings (SSSR count). The average Bonchev–Trinajstić information content (AvgIpc) is 3.06. The van der Waals surface area contributed by atoms with Gasteiger partial charge in [0.05, 0.1) is 0 Å². The third-order valence-electron chi connectivity index (χ3n) is 4.18. The number of rotatable bonds is 6. The smallest absolute Gasteiger partial charge is 0.258 e. The Morgan fingerprint density at radius 1 is 1.20 bits per heavy atom. The third-order valence-corrected chi connectivity index (χ3v) is 4.18. The Morgan fingerprint density at radius 3 is 2.72 bits per heavy atom. The van der Waals surface area contributed by atoms with Crippen molar-refractivity contribution in [2.24, 2.45) is 0 Å². The summed E-state index contributed by atoms with van der Waals surface area (Å²) in [5, 5.41) is 2.84. The first-order valence-corrected chi connectivity index (χ1v) is 8.47. The Kier molecular flexibility index (Phi) is 5.33. The van der Waals surface area contributed by atoms with E-state index in [1.54, 1.807) is 17.0 Å². The van der Waals surface area contributed by atoms with Crippen LogP contribution in [0.15, 0.2) is 48.5 Å². The molecule has 0 radical (unpaired) electrons. The van der Waals surface area contributed by atoms with Crippen LogP contribution < -0.4 is 15.0 Å². The number of benzene rings is 2. The minimum Gasteiger partial charge on any atom is -0.484 e. The molecule has 5 nitrogen and oxygen atoms in total. The molecule has 5 heteroatoms. The highest BCUT2D eigenvalue weighted by Gasteiger charge is 2.21. The second-order valence-electron chi connectivity index (χ2n) is 6.20. The maximum absolute atomic E-state index is 11.9. The minimum atomic E-state index is -0.178. The summed E-state index contributed by atoms with van der Waals surface area (Å²) in [6.45, 7) is 3.19. The molecule has 1 fully saturated rings. The lowest BCUT2D eigenvalue weighted by Gasteiger charge is -2.16. The molecule has 0 spiro atoms. The van der Waals surface area contributed by atoms with Crippen molar-refractivity contribution in [2.75, 3.05) is 18.1 Å². The van der Waals surface area contributed by atoms with Gasteiger partial charge in [-0.15, -0.1) is 0 Å². The quantitative estimate of drug-likeness (QED) is 0.881. The van der Waals surface area contributed by atoms with Crippen molar-refractivity contribution in [2.45, 2.75) is 26.3 Å². The van der Waals surface area contributed by atoms with Crippen molar-refractivity contribution in [3.05, 3.63) is 59.7 Å². The molecule has 1 saturated heterocycles. The van der Waals surface area contributed by atoms with Crippen molar-refractivity contribution in [1.29, 1.82) is 0 Å². The fourth-order valence-corrected chi connectivity index (χ4v) is 2.77. The lowest BCUT2D eigenvalue weighted by atomic mass is 10.1. The molecule has 2 aromatic rings. The monoisotopic (exact) mass is 338 g/mol. The Hall–Kier alpha value is -2.82. The van der Waals surface area contributed by atoms with Crippen LogP contribution in [0.3, 0.4) is 0 Å². The predicted molar refractivity (Wildman–Crippen MR) is 96.5 cm³/mol. The zero-order valence-corrected chi connectivity index (χ0v) is 14.3. The van der Waals surface area contributed by atoms with Crippen molar-refractivity contribution in [3.63, 3.8) is 0 Å². The largest absolute Gasteiger partial charge is 0.484 e. The molecule has 1 heterocycles. The van der Waals surface area contributed by atoms with Gasteiger partial charge >= 0.3 is 0 Å². The van der Waals surface area contributed by atoms with Gasteiger partial charge in [0.15, 0.2) is 6.61 Å². The van der Waals surface area contributed by atoms with E-state index in [2.05, 4.69) is 5.32 Å². The molecule has 0 aromatic heterocycles. The molecule has 0 unspecified atom stereocenters. The van der Waals surface area contributed by atoms with Crippen LogP contribution in [0.25, 0.3) is 0 Å². The zero-order valence-electron chi connectivity index (χ0n) is 14.3. The first-order chi connectivity index (χ1) is 12.1. The van der Waals surface area contributed by atoms with Crippen molar-refractivity contribution < 1.29 is 14.3 Å². The highest BCUT2D eigenvalue weighted by atomic mass is 16.5. The zero-order chi connectivity index (χ0) is 17.6. The van der Waals surface area contributed by atoms with Crippen molar-refractivity contribution in [3.8, 4) is 5.75 Å². The van der Waals surface area contributed by atoms with E-state index >= 15 is 0 Å². The first-order valence-electron chi connectivity index (χ1n) is 8.47. The summed E-state index contributed by atoms with van der Waals surface area (Å²) in [6, 6.07) is 15.3. The Balaban J connectivity index is 1.50. The lowest BCUT2D eigenvalue weighted by molar-refractivity contribution is -0.123. The molecule has 0 bridgehead atoms. The van der Waals surface area contributed by atoms with E-state index in [1.165, 1.54) is 5.56 Å². The van der Waals surface area contributed by atoms with Gasteiger partial charge < -0.3 is 15.0 Å². The van der Waals surface area contributed by atoms with Crippen LogP contribution in [0.1, 0.15) is 24.0 Å². The molecule has 1 aliphatic heterocycles. The van der Waals surface area contributed by atoms with Crippen LogP contribution in [-0.2, 0) is 16.1 Å². The second-order valence-corrected chi connectivity index (χ2v) is 6.20. The number of carbonyl (C=O) groups is 2. The van der Waals surface area contributed by atoms with Gasteiger partial charge in [-0.25, -0.2) is 0 Å². The average molecular weight is 338 g/mol. The maximum atomic E-state index is 11.9. The molecule has 0 saturated carbocycles. The number of aryl methyl sites for hydroxylation is 1. The maximum Gasteiger partial charge on any atom is 0.258 e. The van der Waals surface area contributed by atoms with E-state index in [9.17, 15) is 9.59 Å². The normalized spacial score (nSPS) is 13.8. The number of ether oxygens (including phenoxy) is 1. The van der Waals surface area contributed by atoms with Crippen LogP contribution >= 0.6 is 0 Å². The summed E-state index contributed by atoms with van der Waals surface area (Å²) in [7, 11) is 0. The number of nitrogens with zero attached hydrogens (tertiary/aromatic N) is 1. The number of amides is 2. The van der Waals surface area contributed by atoms with Gasteiger partial charge in [-0.1, -0.05) is 35.9 Å². The van der Waals surface area contributed by atoms with Crippen molar-refractivity contribution in [1.82, 2.24) is 5.32 Å². The highest BCUT2D eigenvalue weighted by molar-refractivity contribution is 5.95. The van der Waals surface area contributed by atoms with Gasteiger partial charge in [-0.3, -0.25) is 9.59 Å². The van der Waals surface area contributed by atoms with Gasteiger partial charge in [0, 0.05) is 31.3 Å². The predicted octanol–water partition coefficient (Wildman–Crippen LogP) is 2.82. The molecular formula is C20H22N2O3. The number of nitrogens with one attached hydrogen (secondary N) is 1. The van der Waals surface area contributed by atoms with E-state index in [4.69, 9.17) is 4.74 Å². The van der Waals surface area contributed by atoms with Crippen LogP contribution in [0.5, 0.6) is 5.75 Å². The van der Waals surface area contributed by atoms with E-state index in [-0.39, 0.29) is 18.4 Å². The summed E-state index contributed by atoms with van der Waals surface area (Å²) >= 11 is 0. The Morgan fingerprint density at radius 2 is 2.00 bits per heavy atom. The van der Waals surface area contributed by atoms with Crippen LogP contribution in [0, 0.1) is 6.92 Å². The van der Waals surface area contributed by atoms with Gasteiger partial charge in [-0.05, 0) is 31.0 Å². The molecule has 130 valence electrons. The summed E-state index contributed by atoms with van der Waals surface area (Å²) < 4.78 is 5.56. The van der Waals surface area contributed by atoms with Crippen molar-refractivity contribution >= 4 is 17.5 Å². The van der Waals surface area contributed by atoms with Crippen LogP contribution in [0.4, 0.5) is 5.69 Å². The number of hydrogen-bond acceptors (Lipinski definition) is 3. The lowest BCUT2D eigenvalue weighted by Crippen LogP contribution is -2.28.